The van der Waals surface area contributed by atoms with E-state index in [9.17, 15) is 13.2 Å². The number of hydrogen-bond acceptors (Lipinski definition) is 2. The third-order valence-corrected chi connectivity index (χ3v) is 0.900. The van der Waals surface area contributed by atoms with Crippen LogP contribution in [0, 0.1) is 0 Å². The van der Waals surface area contributed by atoms with Gasteiger partial charge < -0.3 is 0 Å². The predicted molar refractivity (Wildman–Crippen MR) is 25.4 cm³/mol. The van der Waals surface area contributed by atoms with Crippen molar-refractivity contribution >= 4 is 0 Å². The molecule has 0 aromatic rings. The van der Waals surface area contributed by atoms with E-state index >= 15 is 0 Å². The highest BCUT2D eigenvalue weighted by atomic mass is 19.4. The van der Waals surface area contributed by atoms with Gasteiger partial charge in [-0.15, -0.1) is 0 Å². The van der Waals surface area contributed by atoms with Crippen molar-refractivity contribution < 1.29 is 18.0 Å². The van der Waals surface area contributed by atoms with Crippen LogP contribution in [0.4, 0.5) is 13.2 Å². The average Bonchev–Trinajstić information content (AvgIpc) is 1.65. The van der Waals surface area contributed by atoms with Crippen LogP contribution in [0.3, 0.4) is 0 Å². The molecule has 2 N–H and O–H groups in total. The Kier molecular flexibility index (Phi) is 2.93. The molecule has 56 valence electrons. The Bertz CT molecular complexity index is 78.4. The zero-order valence-electron chi connectivity index (χ0n) is 4.90. The predicted octanol–water partition coefficient (Wildman–Crippen LogP) is 1.22. The van der Waals surface area contributed by atoms with E-state index in [4.69, 9.17) is 0 Å². The molecule has 0 rings (SSSR count). The molecule has 0 aromatic carbocycles. The van der Waals surface area contributed by atoms with Gasteiger partial charge in [0, 0.05) is 0 Å². The molecule has 2 nitrogen and oxygen atoms in total. The molecule has 0 radical (unpaired) electrons. The molecular weight excluding hydrogens is 135 g/mol. The molecule has 0 bridgehead atoms. The largest absolute Gasteiger partial charge is 0.416 e. The van der Waals surface area contributed by atoms with Gasteiger partial charge in [-0.2, -0.15) is 13.2 Å². The maximum atomic E-state index is 11.5. The molecule has 1 unspecified atom stereocenters. The van der Waals surface area contributed by atoms with Crippen LogP contribution in [0.25, 0.3) is 0 Å². The number of nitrogens with two attached hydrogens (primary N) is 1. The second-order valence-corrected chi connectivity index (χ2v) is 1.57. The van der Waals surface area contributed by atoms with Gasteiger partial charge in [-0.25, -0.2) is 5.90 Å². The lowest BCUT2D eigenvalue weighted by molar-refractivity contribution is -0.222. The van der Waals surface area contributed by atoms with Gasteiger partial charge in [0.1, 0.15) is 0 Å². The molecule has 0 heterocycles. The number of hydrogen-bond donors (Lipinski definition) is 1. The Morgan fingerprint density at radius 1 is 1.56 bits per heavy atom. The maximum Gasteiger partial charge on any atom is 0.416 e. The fourth-order valence-corrected chi connectivity index (χ4v) is 0.405. The van der Waals surface area contributed by atoms with Crippen molar-refractivity contribution in [2.45, 2.75) is 25.6 Å². The standard InChI is InChI=1S/C4H8F3NO/c1-2-3(9-8)4(5,6)7/h3H,2,8H2,1H3. The molecule has 5 heteroatoms. The van der Waals surface area contributed by atoms with Crippen LogP contribution in [0.1, 0.15) is 13.3 Å². The summed E-state index contributed by atoms with van der Waals surface area (Å²) in [5.74, 6) is 4.35. The molecule has 1 atom stereocenters. The third kappa shape index (κ3) is 2.67. The Hall–Kier alpha value is -0.290. The zero-order chi connectivity index (χ0) is 7.49. The molecule has 0 aliphatic rings. The lowest BCUT2D eigenvalue weighted by atomic mass is 10.3. The summed E-state index contributed by atoms with van der Waals surface area (Å²) in [5, 5.41) is 0. The smallest absolute Gasteiger partial charge is 0.292 e. The monoisotopic (exact) mass is 143 g/mol. The summed E-state index contributed by atoms with van der Waals surface area (Å²) in [5.41, 5.74) is 0. The van der Waals surface area contributed by atoms with E-state index < -0.39 is 12.3 Å². The van der Waals surface area contributed by atoms with Gasteiger partial charge in [0.25, 0.3) is 0 Å². The first-order valence-corrected chi connectivity index (χ1v) is 2.44. The Labute approximate surface area is 50.7 Å². The molecule has 0 aliphatic carbocycles. The molecule has 0 aliphatic heterocycles. The third-order valence-electron chi connectivity index (χ3n) is 0.900. The SMILES string of the molecule is CCC(ON)C(F)(F)F. The average molecular weight is 143 g/mol. The first kappa shape index (κ1) is 8.71. The molecule has 0 aromatic heterocycles. The van der Waals surface area contributed by atoms with Crippen molar-refractivity contribution in [3.8, 4) is 0 Å². The quantitative estimate of drug-likeness (QED) is 0.590. The fourth-order valence-electron chi connectivity index (χ4n) is 0.405. The van der Waals surface area contributed by atoms with E-state index in [-0.39, 0.29) is 6.42 Å². The summed E-state index contributed by atoms with van der Waals surface area (Å²) in [7, 11) is 0. The van der Waals surface area contributed by atoms with Gasteiger partial charge in [0.15, 0.2) is 6.10 Å². The highest BCUT2D eigenvalue weighted by Gasteiger charge is 2.38. The molecule has 0 saturated carbocycles. The van der Waals surface area contributed by atoms with E-state index in [0.717, 1.165) is 0 Å². The molecule has 0 amide bonds. The molecule has 0 saturated heterocycles. The van der Waals surface area contributed by atoms with Crippen molar-refractivity contribution in [3.05, 3.63) is 0 Å². The van der Waals surface area contributed by atoms with E-state index in [0.29, 0.717) is 0 Å². The second-order valence-electron chi connectivity index (χ2n) is 1.57. The summed E-state index contributed by atoms with van der Waals surface area (Å²) < 4.78 is 34.5. The summed E-state index contributed by atoms with van der Waals surface area (Å²) in [6.07, 6.45) is -6.30. The second kappa shape index (κ2) is 3.03. The van der Waals surface area contributed by atoms with Crippen LogP contribution < -0.4 is 5.90 Å². The van der Waals surface area contributed by atoms with Gasteiger partial charge in [0.2, 0.25) is 0 Å². The van der Waals surface area contributed by atoms with E-state index in [1.165, 1.54) is 6.92 Å². The van der Waals surface area contributed by atoms with Crippen LogP contribution in [-0.2, 0) is 4.84 Å². The summed E-state index contributed by atoms with van der Waals surface area (Å²) in [6.45, 7) is 1.35. The topological polar surface area (TPSA) is 35.2 Å². The number of halogens is 3. The minimum absolute atomic E-state index is 0.153. The fraction of sp³-hybridized carbons (Fsp3) is 1.00. The van der Waals surface area contributed by atoms with Crippen LogP contribution in [0.2, 0.25) is 0 Å². The van der Waals surface area contributed by atoms with Gasteiger partial charge in [-0.3, -0.25) is 4.84 Å². The van der Waals surface area contributed by atoms with Crippen molar-refractivity contribution in [1.29, 1.82) is 0 Å². The number of alkyl halides is 3. The van der Waals surface area contributed by atoms with Crippen molar-refractivity contribution in [2.75, 3.05) is 0 Å². The first-order chi connectivity index (χ1) is 4.02. The van der Waals surface area contributed by atoms with Crippen molar-refractivity contribution in [3.63, 3.8) is 0 Å². The van der Waals surface area contributed by atoms with E-state index in [1.807, 2.05) is 0 Å². The highest BCUT2D eigenvalue weighted by molar-refractivity contribution is 4.63. The van der Waals surface area contributed by atoms with Crippen LogP contribution in [0.15, 0.2) is 0 Å². The molecule has 0 fully saturated rings. The van der Waals surface area contributed by atoms with E-state index in [2.05, 4.69) is 10.7 Å². The van der Waals surface area contributed by atoms with Gasteiger partial charge in [-0.05, 0) is 6.42 Å². The minimum atomic E-state index is -4.33. The highest BCUT2D eigenvalue weighted by Crippen LogP contribution is 2.23. The Morgan fingerprint density at radius 3 is 2.00 bits per heavy atom. The summed E-state index contributed by atoms with van der Waals surface area (Å²) in [4.78, 5) is 3.64. The van der Waals surface area contributed by atoms with Crippen LogP contribution in [0.5, 0.6) is 0 Å². The van der Waals surface area contributed by atoms with Gasteiger partial charge in [0.05, 0.1) is 0 Å². The van der Waals surface area contributed by atoms with Gasteiger partial charge >= 0.3 is 6.18 Å². The van der Waals surface area contributed by atoms with E-state index in [1.54, 1.807) is 0 Å². The first-order valence-electron chi connectivity index (χ1n) is 2.44. The summed E-state index contributed by atoms with van der Waals surface area (Å²) in [6, 6.07) is 0. The maximum absolute atomic E-state index is 11.5. The minimum Gasteiger partial charge on any atom is -0.292 e. The zero-order valence-corrected chi connectivity index (χ0v) is 4.90. The van der Waals surface area contributed by atoms with Crippen LogP contribution >= 0.6 is 0 Å². The Morgan fingerprint density at radius 2 is 2.00 bits per heavy atom. The number of rotatable bonds is 2. The van der Waals surface area contributed by atoms with Gasteiger partial charge in [-0.1, -0.05) is 6.92 Å². The van der Waals surface area contributed by atoms with Crippen molar-refractivity contribution in [1.82, 2.24) is 0 Å². The normalized spacial score (nSPS) is 15.7. The molecule has 9 heavy (non-hydrogen) atoms. The van der Waals surface area contributed by atoms with Crippen LogP contribution in [-0.4, -0.2) is 12.3 Å². The summed E-state index contributed by atoms with van der Waals surface area (Å²) >= 11 is 0. The lowest BCUT2D eigenvalue weighted by Crippen LogP contribution is -2.33. The Balaban J connectivity index is 3.79. The lowest BCUT2D eigenvalue weighted by Gasteiger charge is -2.14. The molecular formula is C4H8F3NO. The van der Waals surface area contributed by atoms with Crippen molar-refractivity contribution in [2.24, 2.45) is 5.90 Å². The molecule has 0 spiro atoms.